The molecule has 1 aliphatic rings. The fourth-order valence-electron chi connectivity index (χ4n) is 4.11. The Labute approximate surface area is 222 Å². The number of nitrogens with zero attached hydrogens (tertiary/aromatic N) is 2. The normalized spacial score (nSPS) is 17.5. The number of hydrogen-bond donors (Lipinski definition) is 1. The predicted octanol–water partition coefficient (Wildman–Crippen LogP) is 5.44. The number of carbonyl (C=O) groups excluding carboxylic acids is 1. The van der Waals surface area contributed by atoms with Crippen LogP contribution in [0.2, 0.25) is 0 Å². The summed E-state index contributed by atoms with van der Waals surface area (Å²) in [5.74, 6) is 0.131. The van der Waals surface area contributed by atoms with Crippen LogP contribution in [-0.4, -0.2) is 43.0 Å². The van der Waals surface area contributed by atoms with Crippen molar-refractivity contribution < 1.29 is 13.2 Å². The van der Waals surface area contributed by atoms with E-state index in [0.29, 0.717) is 11.4 Å². The minimum atomic E-state index is -3.88. The van der Waals surface area contributed by atoms with Crippen LogP contribution in [0.1, 0.15) is 18.5 Å². The number of allylic oxidation sites excluding steroid dienone is 3. The van der Waals surface area contributed by atoms with Crippen LogP contribution in [0.4, 0.5) is 0 Å². The van der Waals surface area contributed by atoms with Crippen molar-refractivity contribution in [3.63, 3.8) is 0 Å². The van der Waals surface area contributed by atoms with Gasteiger partial charge in [0.2, 0.25) is 15.9 Å². The molecule has 4 rings (SSSR count). The van der Waals surface area contributed by atoms with Gasteiger partial charge in [0.05, 0.1) is 16.6 Å². The van der Waals surface area contributed by atoms with E-state index in [0.717, 1.165) is 16.7 Å². The van der Waals surface area contributed by atoms with E-state index in [9.17, 15) is 13.2 Å². The molecule has 37 heavy (non-hydrogen) atoms. The van der Waals surface area contributed by atoms with Gasteiger partial charge in [-0.2, -0.15) is 4.31 Å². The van der Waals surface area contributed by atoms with Crippen molar-refractivity contribution >= 4 is 34.4 Å². The Balaban J connectivity index is 1.58. The monoisotopic (exact) mass is 531 g/mol. The molecule has 1 amide bonds. The highest BCUT2D eigenvalue weighted by atomic mass is 32.2. The molecule has 8 heteroatoms. The lowest BCUT2D eigenvalue weighted by molar-refractivity contribution is -0.122. The highest BCUT2D eigenvalue weighted by molar-refractivity contribution is 8.02. The lowest BCUT2D eigenvalue weighted by Gasteiger charge is -2.26. The third-order valence-corrected chi connectivity index (χ3v) is 9.21. The number of sulfonamides is 1. The van der Waals surface area contributed by atoms with E-state index in [1.165, 1.54) is 16.1 Å². The smallest absolute Gasteiger partial charge is 0.249 e. The summed E-state index contributed by atoms with van der Waals surface area (Å²) in [6.45, 7) is 5.81. The number of carbonyl (C=O) groups is 1. The van der Waals surface area contributed by atoms with E-state index >= 15 is 0 Å². The van der Waals surface area contributed by atoms with Crippen molar-refractivity contribution in [2.75, 3.05) is 12.3 Å². The molecule has 1 aliphatic heterocycles. The molecule has 0 bridgehead atoms. The van der Waals surface area contributed by atoms with Gasteiger partial charge in [0.25, 0.3) is 0 Å². The highest BCUT2D eigenvalue weighted by Gasteiger charge is 2.41. The molecule has 190 valence electrons. The zero-order valence-corrected chi connectivity index (χ0v) is 22.2. The number of rotatable bonds is 9. The molecule has 0 saturated carbocycles. The van der Waals surface area contributed by atoms with Crippen LogP contribution in [0, 0.1) is 0 Å². The minimum absolute atomic E-state index is 0.161. The van der Waals surface area contributed by atoms with Crippen molar-refractivity contribution in [2.45, 2.75) is 23.2 Å². The van der Waals surface area contributed by atoms with Crippen LogP contribution in [0.25, 0.3) is 11.1 Å². The van der Waals surface area contributed by atoms with Crippen LogP contribution >= 0.6 is 11.8 Å². The fourth-order valence-corrected chi connectivity index (χ4v) is 7.20. The predicted molar refractivity (Wildman–Crippen MR) is 152 cm³/mol. The highest BCUT2D eigenvalue weighted by Crippen LogP contribution is 2.32. The molecule has 2 atom stereocenters. The Bertz CT molecular complexity index is 1390. The zero-order valence-electron chi connectivity index (χ0n) is 20.5. The number of benzene rings is 3. The average Bonchev–Trinajstić information content (AvgIpc) is 3.45. The van der Waals surface area contributed by atoms with Crippen LogP contribution in [0.15, 0.2) is 119 Å². The van der Waals surface area contributed by atoms with E-state index in [2.05, 4.69) is 17.0 Å². The van der Waals surface area contributed by atoms with E-state index in [1.807, 2.05) is 79.7 Å². The van der Waals surface area contributed by atoms with E-state index in [-0.39, 0.29) is 11.4 Å². The lowest BCUT2D eigenvalue weighted by Crippen LogP contribution is -2.45. The molecule has 0 radical (unpaired) electrons. The first-order valence-electron chi connectivity index (χ1n) is 11.9. The minimum Gasteiger partial charge on any atom is -0.341 e. The number of amides is 1. The van der Waals surface area contributed by atoms with Crippen molar-refractivity contribution in [1.29, 1.82) is 0 Å². The largest absolute Gasteiger partial charge is 0.341 e. The summed E-state index contributed by atoms with van der Waals surface area (Å²) in [6.07, 6.45) is 5.47. The van der Waals surface area contributed by atoms with Crippen molar-refractivity contribution in [3.05, 3.63) is 114 Å². The van der Waals surface area contributed by atoms with Crippen LogP contribution in [0.3, 0.4) is 0 Å². The molecular weight excluding hydrogens is 502 g/mol. The molecule has 1 heterocycles. The van der Waals surface area contributed by atoms with Crippen LogP contribution in [0.5, 0.6) is 0 Å². The average molecular weight is 532 g/mol. The summed E-state index contributed by atoms with van der Waals surface area (Å²) >= 11 is 1.31. The van der Waals surface area contributed by atoms with Gasteiger partial charge in [-0.1, -0.05) is 84.9 Å². The van der Waals surface area contributed by atoms with Crippen LogP contribution in [-0.2, 0) is 14.8 Å². The first-order valence-corrected chi connectivity index (χ1v) is 14.4. The summed E-state index contributed by atoms with van der Waals surface area (Å²) in [4.78, 5) is 17.8. The molecule has 1 saturated heterocycles. The summed E-state index contributed by atoms with van der Waals surface area (Å²) in [5, 5.41) is 2.13. The molecule has 0 aromatic heterocycles. The Morgan fingerprint density at radius 3 is 2.27 bits per heavy atom. The van der Waals surface area contributed by atoms with Crippen LogP contribution < -0.4 is 5.32 Å². The summed E-state index contributed by atoms with van der Waals surface area (Å²) in [7, 11) is -3.88. The second-order valence-electron chi connectivity index (χ2n) is 8.36. The summed E-state index contributed by atoms with van der Waals surface area (Å²) < 4.78 is 28.4. The van der Waals surface area contributed by atoms with Gasteiger partial charge in [0.1, 0.15) is 5.37 Å². The molecule has 6 nitrogen and oxygen atoms in total. The third-order valence-electron chi connectivity index (χ3n) is 6.00. The second-order valence-corrected chi connectivity index (χ2v) is 11.4. The number of thioether (sulfide) groups is 1. The van der Waals surface area contributed by atoms with E-state index in [4.69, 9.17) is 0 Å². The zero-order chi connectivity index (χ0) is 26.3. The molecule has 3 aromatic carbocycles. The molecule has 1 fully saturated rings. The Morgan fingerprint density at radius 2 is 1.65 bits per heavy atom. The maximum absolute atomic E-state index is 13.6. The van der Waals surface area contributed by atoms with Gasteiger partial charge in [-0.15, -0.1) is 11.8 Å². The quantitative estimate of drug-likeness (QED) is 0.295. The molecule has 0 aliphatic carbocycles. The topological polar surface area (TPSA) is 78.8 Å². The van der Waals surface area contributed by atoms with Gasteiger partial charge < -0.3 is 5.32 Å². The van der Waals surface area contributed by atoms with Crippen molar-refractivity contribution in [2.24, 2.45) is 4.99 Å². The third kappa shape index (κ3) is 6.10. The molecule has 0 spiro atoms. The van der Waals surface area contributed by atoms with Gasteiger partial charge in [-0.05, 0) is 48.5 Å². The Morgan fingerprint density at radius 1 is 1.03 bits per heavy atom. The van der Waals surface area contributed by atoms with E-state index in [1.54, 1.807) is 30.3 Å². The molecule has 0 unspecified atom stereocenters. The van der Waals surface area contributed by atoms with Crippen molar-refractivity contribution in [1.82, 2.24) is 9.62 Å². The van der Waals surface area contributed by atoms with Gasteiger partial charge in [0, 0.05) is 12.3 Å². The molecule has 1 N–H and O–H groups in total. The molecular formula is C29H29N3O3S2. The van der Waals surface area contributed by atoms with Gasteiger partial charge in [0.15, 0.2) is 0 Å². The first kappa shape index (κ1) is 26.6. The summed E-state index contributed by atoms with van der Waals surface area (Å²) in [5.41, 5.74) is 3.32. The number of hydrogen-bond acceptors (Lipinski definition) is 5. The van der Waals surface area contributed by atoms with Gasteiger partial charge >= 0.3 is 0 Å². The Kier molecular flexibility index (Phi) is 8.76. The van der Waals surface area contributed by atoms with Gasteiger partial charge in [-0.3, -0.25) is 9.79 Å². The maximum Gasteiger partial charge on any atom is 0.249 e. The second kappa shape index (κ2) is 12.2. The SMILES string of the molecule is C=N/C(=C\C=C/C)[C@H](NC(=O)[C@@H]1SCCN1S(=O)(=O)c1ccc(-c2ccccc2)cc1)c1ccccc1. The Hall–Kier alpha value is -3.46. The number of nitrogens with one attached hydrogen (secondary N) is 1. The number of aliphatic imine (C=N–C) groups is 1. The maximum atomic E-state index is 13.6. The summed E-state index contributed by atoms with van der Waals surface area (Å²) in [6, 6.07) is 25.4. The van der Waals surface area contributed by atoms with E-state index < -0.39 is 27.3 Å². The lowest BCUT2D eigenvalue weighted by atomic mass is 10.0. The van der Waals surface area contributed by atoms with Crippen molar-refractivity contribution in [3.8, 4) is 11.1 Å². The fraction of sp³-hybridized carbons (Fsp3) is 0.172. The standard InChI is InChI=1S/C29H29N3O3S2/c1-3-4-15-26(30-2)27(24-13-9-6-10-14-24)31-28(33)29-32(20-21-36-29)37(34,35)25-18-16-23(17-19-25)22-11-7-5-8-12-22/h3-19,27,29H,2,20-21H2,1H3,(H,31,33)/b4-3-,26-15-/t27-,29+/m1/s1. The first-order chi connectivity index (χ1) is 18.0. The van der Waals surface area contributed by atoms with Gasteiger partial charge in [-0.25, -0.2) is 8.42 Å². The molecule has 3 aromatic rings.